The third-order valence-electron chi connectivity index (χ3n) is 2.04. The molecule has 0 unspecified atom stereocenters. The van der Waals surface area contributed by atoms with Gasteiger partial charge in [0.15, 0.2) is 11.5 Å². The van der Waals surface area contributed by atoms with Crippen molar-refractivity contribution in [3.63, 3.8) is 0 Å². The summed E-state index contributed by atoms with van der Waals surface area (Å²) in [6.45, 7) is -0.676. The SMILES string of the molecule is Cl.Cl.O=c1cc(CO)occ1O.O=c1cc(CO)occ1O.[O]=[V]. The molecule has 2 heterocycles. The average Bonchev–Trinajstić information content (AvgIpc) is 2.55. The molecule has 2 aromatic heterocycles. The number of rotatable bonds is 2. The molecule has 12 heteroatoms. The second-order valence-electron chi connectivity index (χ2n) is 3.51. The van der Waals surface area contributed by atoms with Crippen molar-refractivity contribution in [1.29, 1.82) is 0 Å². The number of hydrogen-bond acceptors (Lipinski definition) is 9. The van der Waals surface area contributed by atoms with E-state index in [2.05, 4.69) is 8.83 Å². The summed E-state index contributed by atoms with van der Waals surface area (Å²) >= 11 is 1.06. The Morgan fingerprint density at radius 2 is 1.08 bits per heavy atom. The predicted molar refractivity (Wildman–Crippen MR) is 80.3 cm³/mol. The van der Waals surface area contributed by atoms with E-state index in [4.69, 9.17) is 24.1 Å². The van der Waals surface area contributed by atoms with Crippen molar-refractivity contribution in [2.24, 2.45) is 0 Å². The van der Waals surface area contributed by atoms with E-state index < -0.39 is 22.4 Å². The first-order chi connectivity index (χ1) is 10.5. The molecule has 0 bridgehead atoms. The van der Waals surface area contributed by atoms with Gasteiger partial charge in [0, 0.05) is 12.1 Å². The molecule has 135 valence electrons. The molecule has 0 saturated carbocycles. The summed E-state index contributed by atoms with van der Waals surface area (Å²) in [6, 6.07) is 2.07. The molecule has 0 fully saturated rings. The van der Waals surface area contributed by atoms with E-state index in [1.165, 1.54) is 0 Å². The minimum absolute atomic E-state index is 0. The van der Waals surface area contributed by atoms with Crippen molar-refractivity contribution in [2.75, 3.05) is 0 Å². The number of aromatic hydroxyl groups is 2. The van der Waals surface area contributed by atoms with Gasteiger partial charge in [-0.05, 0) is 0 Å². The van der Waals surface area contributed by atoms with Crippen LogP contribution in [0.25, 0.3) is 0 Å². The van der Waals surface area contributed by atoms with Crippen molar-refractivity contribution in [1.82, 2.24) is 0 Å². The van der Waals surface area contributed by atoms with Crippen molar-refractivity contribution in [3.8, 4) is 11.5 Å². The first-order valence-corrected chi connectivity index (χ1v) is 6.06. The number of hydrogen-bond donors (Lipinski definition) is 4. The molecule has 0 aliphatic carbocycles. The van der Waals surface area contributed by atoms with Crippen LogP contribution in [0, 0.1) is 0 Å². The molecule has 4 N–H and O–H groups in total. The first kappa shape index (κ1) is 27.2. The van der Waals surface area contributed by atoms with Gasteiger partial charge in [-0.3, -0.25) is 9.59 Å². The van der Waals surface area contributed by atoms with Crippen molar-refractivity contribution in [2.45, 2.75) is 13.2 Å². The Morgan fingerprint density at radius 1 is 0.792 bits per heavy atom. The number of aliphatic hydroxyl groups is 2. The Kier molecular flexibility index (Phi) is 17.0. The van der Waals surface area contributed by atoms with E-state index >= 15 is 0 Å². The van der Waals surface area contributed by atoms with E-state index in [1.807, 2.05) is 0 Å². The Labute approximate surface area is 156 Å². The van der Waals surface area contributed by atoms with Gasteiger partial charge < -0.3 is 29.3 Å². The summed E-state index contributed by atoms with van der Waals surface area (Å²) in [6.07, 6.45) is 1.79. The van der Waals surface area contributed by atoms with Gasteiger partial charge in [0.25, 0.3) is 0 Å². The third-order valence-corrected chi connectivity index (χ3v) is 2.04. The van der Waals surface area contributed by atoms with Gasteiger partial charge in [-0.15, -0.1) is 24.8 Å². The summed E-state index contributed by atoms with van der Waals surface area (Å²) in [4.78, 5) is 21.2. The van der Waals surface area contributed by atoms with E-state index in [-0.39, 0.29) is 49.5 Å². The van der Waals surface area contributed by atoms with Crippen LogP contribution in [0.2, 0.25) is 0 Å². The van der Waals surface area contributed by atoms with Crippen LogP contribution in [0.5, 0.6) is 11.5 Å². The van der Waals surface area contributed by atoms with Gasteiger partial charge in [-0.2, -0.15) is 0 Å². The van der Waals surface area contributed by atoms with Gasteiger partial charge >= 0.3 is 21.0 Å². The fourth-order valence-corrected chi connectivity index (χ4v) is 1.05. The van der Waals surface area contributed by atoms with Crippen molar-refractivity contribution in [3.05, 3.63) is 56.6 Å². The van der Waals surface area contributed by atoms with Crippen LogP contribution in [0.3, 0.4) is 0 Å². The molecule has 0 aliphatic heterocycles. The maximum absolute atomic E-state index is 10.6. The summed E-state index contributed by atoms with van der Waals surface area (Å²) in [5, 5.41) is 34.2. The standard InChI is InChI=1S/2C6H6O4.2ClH.O.V/c2*7-2-4-1-5(8)6(9)3-10-4;;;;/h2*1,3,7,9H,2H2;2*1H;;. The van der Waals surface area contributed by atoms with Crippen molar-refractivity contribution < 1.29 is 50.3 Å². The zero-order valence-electron chi connectivity index (χ0n) is 11.8. The fourth-order valence-electron chi connectivity index (χ4n) is 1.05. The van der Waals surface area contributed by atoms with Gasteiger partial charge in [0.05, 0.1) is 0 Å². The molecule has 0 atom stereocenters. The van der Waals surface area contributed by atoms with Crippen LogP contribution in [0.1, 0.15) is 11.5 Å². The molecule has 0 aliphatic rings. The molecular weight excluding hydrogens is 410 g/mol. The monoisotopic (exact) mass is 423 g/mol. The molecule has 0 amide bonds. The van der Waals surface area contributed by atoms with Gasteiger partial charge in [0.2, 0.25) is 10.9 Å². The molecule has 0 aromatic carbocycles. The molecule has 24 heavy (non-hydrogen) atoms. The zero-order chi connectivity index (χ0) is 17.1. The van der Waals surface area contributed by atoms with Crippen LogP contribution < -0.4 is 10.9 Å². The normalized spacial score (nSPS) is 8.21. The summed E-state index contributed by atoms with van der Waals surface area (Å²) in [5.74, 6) is -0.611. The Hall–Kier alpha value is -1.62. The zero-order valence-corrected chi connectivity index (χ0v) is 14.8. The van der Waals surface area contributed by atoms with E-state index in [0.717, 1.165) is 42.0 Å². The second-order valence-corrected chi connectivity index (χ2v) is 3.51. The van der Waals surface area contributed by atoms with Crippen LogP contribution >= 0.6 is 24.8 Å². The predicted octanol–water partition coefficient (Wildman–Crippen LogP) is 0.398. The van der Waals surface area contributed by atoms with E-state index in [0.29, 0.717) is 0 Å². The van der Waals surface area contributed by atoms with Gasteiger partial charge in [-0.25, -0.2) is 0 Å². The average molecular weight is 424 g/mol. The minimum atomic E-state index is -0.546. The van der Waals surface area contributed by atoms with Gasteiger partial charge in [0.1, 0.15) is 37.3 Å². The van der Waals surface area contributed by atoms with Crippen LogP contribution in [-0.4, -0.2) is 20.4 Å². The van der Waals surface area contributed by atoms with Crippen LogP contribution in [-0.2, 0) is 34.3 Å². The second kappa shape index (κ2) is 14.9. The van der Waals surface area contributed by atoms with Gasteiger partial charge in [-0.1, -0.05) is 0 Å². The molecule has 0 radical (unpaired) electrons. The molecule has 0 saturated heterocycles. The Morgan fingerprint density at radius 3 is 1.29 bits per heavy atom. The first-order valence-electron chi connectivity index (χ1n) is 5.49. The summed E-state index contributed by atoms with van der Waals surface area (Å²) < 4.78 is 17.4. The van der Waals surface area contributed by atoms with E-state index in [1.54, 1.807) is 0 Å². The molecule has 2 rings (SSSR count). The van der Waals surface area contributed by atoms with Crippen LogP contribution in [0.4, 0.5) is 0 Å². The number of halogens is 2. The summed E-state index contributed by atoms with van der Waals surface area (Å²) in [5.41, 5.74) is -1.09. The quantitative estimate of drug-likeness (QED) is 0.535. The molecule has 0 spiro atoms. The molecule has 9 nitrogen and oxygen atoms in total. The van der Waals surface area contributed by atoms with Crippen LogP contribution in [0.15, 0.2) is 43.1 Å². The Balaban J connectivity index is -0.000000310. The summed E-state index contributed by atoms with van der Waals surface area (Å²) in [7, 11) is 0. The molecular formula is C12H14Cl2O9V. The van der Waals surface area contributed by atoms with E-state index in [9.17, 15) is 9.59 Å². The maximum atomic E-state index is 10.6. The molecule has 2 aromatic rings. The number of aliphatic hydroxyl groups excluding tert-OH is 2. The fraction of sp³-hybridized carbons (Fsp3) is 0.167. The third kappa shape index (κ3) is 9.51. The Bertz CT molecular complexity index is 642. The van der Waals surface area contributed by atoms with Crippen molar-refractivity contribution >= 4 is 24.8 Å². The topological polar surface area (TPSA) is 158 Å².